The zero-order valence-electron chi connectivity index (χ0n) is 7.58. The van der Waals surface area contributed by atoms with Gasteiger partial charge in [0.1, 0.15) is 0 Å². The van der Waals surface area contributed by atoms with E-state index >= 15 is 0 Å². The SMILES string of the molecule is CCCn1cc(Br)c(C(=O)OC)n1. The quantitative estimate of drug-likeness (QED) is 0.765. The van der Waals surface area contributed by atoms with Crippen LogP contribution in [0.15, 0.2) is 10.7 Å². The lowest BCUT2D eigenvalue weighted by Gasteiger charge is -1.95. The molecule has 0 amide bonds. The highest BCUT2D eigenvalue weighted by molar-refractivity contribution is 9.10. The van der Waals surface area contributed by atoms with E-state index in [1.54, 1.807) is 10.9 Å². The van der Waals surface area contributed by atoms with Crippen LogP contribution in [-0.2, 0) is 11.3 Å². The Hall–Kier alpha value is -0.840. The average molecular weight is 247 g/mol. The predicted molar refractivity (Wildman–Crippen MR) is 51.6 cm³/mol. The van der Waals surface area contributed by atoms with Crippen LogP contribution in [0.3, 0.4) is 0 Å². The van der Waals surface area contributed by atoms with Gasteiger partial charge in [-0.2, -0.15) is 5.10 Å². The molecule has 0 atom stereocenters. The lowest BCUT2D eigenvalue weighted by atomic mass is 10.4. The van der Waals surface area contributed by atoms with E-state index in [1.165, 1.54) is 7.11 Å². The highest BCUT2D eigenvalue weighted by Gasteiger charge is 2.14. The fourth-order valence-corrected chi connectivity index (χ4v) is 1.45. The fourth-order valence-electron chi connectivity index (χ4n) is 0.976. The van der Waals surface area contributed by atoms with Crippen molar-refractivity contribution in [1.82, 2.24) is 9.78 Å². The Morgan fingerprint density at radius 1 is 1.77 bits per heavy atom. The van der Waals surface area contributed by atoms with Crippen LogP contribution in [-0.4, -0.2) is 22.9 Å². The summed E-state index contributed by atoms with van der Waals surface area (Å²) in [5.74, 6) is -0.415. The van der Waals surface area contributed by atoms with Gasteiger partial charge in [-0.15, -0.1) is 0 Å². The molecule has 0 saturated heterocycles. The van der Waals surface area contributed by atoms with Gasteiger partial charge in [-0.05, 0) is 22.4 Å². The Morgan fingerprint density at radius 3 is 3.00 bits per heavy atom. The van der Waals surface area contributed by atoms with Crippen molar-refractivity contribution in [1.29, 1.82) is 0 Å². The van der Waals surface area contributed by atoms with Gasteiger partial charge < -0.3 is 4.74 Å². The maximum atomic E-state index is 11.1. The molecule has 0 spiro atoms. The molecule has 0 N–H and O–H groups in total. The van der Waals surface area contributed by atoms with E-state index in [2.05, 4.69) is 25.8 Å². The van der Waals surface area contributed by atoms with Gasteiger partial charge in [0, 0.05) is 12.7 Å². The number of esters is 1. The Labute approximate surface area is 85.0 Å². The predicted octanol–water partition coefficient (Wildman–Crippen LogP) is 1.84. The Balaban J connectivity index is 2.89. The average Bonchev–Trinajstić information content (AvgIpc) is 2.46. The number of halogens is 1. The number of carbonyl (C=O) groups excluding carboxylic acids is 1. The number of nitrogens with zero attached hydrogens (tertiary/aromatic N) is 2. The third-order valence-corrected chi connectivity index (χ3v) is 2.13. The molecule has 1 heterocycles. The number of hydrogen-bond donors (Lipinski definition) is 0. The van der Waals surface area contributed by atoms with Crippen molar-refractivity contribution in [2.75, 3.05) is 7.11 Å². The van der Waals surface area contributed by atoms with Crippen LogP contribution in [0.2, 0.25) is 0 Å². The van der Waals surface area contributed by atoms with Gasteiger partial charge in [-0.3, -0.25) is 4.68 Å². The topological polar surface area (TPSA) is 44.1 Å². The molecule has 0 aromatic carbocycles. The minimum absolute atomic E-state index is 0.330. The zero-order valence-corrected chi connectivity index (χ0v) is 9.17. The van der Waals surface area contributed by atoms with Crippen LogP contribution < -0.4 is 0 Å². The van der Waals surface area contributed by atoms with Crippen molar-refractivity contribution >= 4 is 21.9 Å². The highest BCUT2D eigenvalue weighted by atomic mass is 79.9. The van der Waals surface area contributed by atoms with Gasteiger partial charge in [0.15, 0.2) is 5.69 Å². The number of methoxy groups -OCH3 is 1. The van der Waals surface area contributed by atoms with Gasteiger partial charge >= 0.3 is 5.97 Å². The van der Waals surface area contributed by atoms with Gasteiger partial charge in [0.2, 0.25) is 0 Å². The van der Waals surface area contributed by atoms with Crippen LogP contribution in [0.4, 0.5) is 0 Å². The van der Waals surface area contributed by atoms with Crippen molar-refractivity contribution in [2.24, 2.45) is 0 Å². The van der Waals surface area contributed by atoms with Gasteiger partial charge in [-0.1, -0.05) is 6.92 Å². The third-order valence-electron chi connectivity index (χ3n) is 1.55. The zero-order chi connectivity index (χ0) is 9.84. The van der Waals surface area contributed by atoms with Crippen LogP contribution >= 0.6 is 15.9 Å². The van der Waals surface area contributed by atoms with Crippen LogP contribution in [0, 0.1) is 0 Å². The van der Waals surface area contributed by atoms with Crippen molar-refractivity contribution in [2.45, 2.75) is 19.9 Å². The van der Waals surface area contributed by atoms with Crippen LogP contribution in [0.1, 0.15) is 23.8 Å². The molecule has 72 valence electrons. The molecule has 0 radical (unpaired) electrons. The maximum Gasteiger partial charge on any atom is 0.359 e. The summed E-state index contributed by atoms with van der Waals surface area (Å²) in [5.41, 5.74) is 0.330. The van der Waals surface area contributed by atoms with E-state index in [0.717, 1.165) is 13.0 Å². The lowest BCUT2D eigenvalue weighted by molar-refractivity contribution is 0.0592. The smallest absolute Gasteiger partial charge is 0.359 e. The Kier molecular flexibility index (Phi) is 3.48. The van der Waals surface area contributed by atoms with Crippen molar-refractivity contribution in [3.63, 3.8) is 0 Å². The number of aromatic nitrogens is 2. The maximum absolute atomic E-state index is 11.1. The first-order chi connectivity index (χ1) is 6.19. The van der Waals surface area contributed by atoms with E-state index in [-0.39, 0.29) is 0 Å². The Morgan fingerprint density at radius 2 is 2.46 bits per heavy atom. The molecule has 1 aromatic rings. The number of rotatable bonds is 3. The third kappa shape index (κ3) is 2.30. The molecule has 0 bridgehead atoms. The van der Waals surface area contributed by atoms with Crippen molar-refractivity contribution in [3.05, 3.63) is 16.4 Å². The molecular formula is C8H11BrN2O2. The molecule has 0 aliphatic rings. The van der Waals surface area contributed by atoms with E-state index in [1.807, 2.05) is 6.92 Å². The first kappa shape index (κ1) is 10.2. The molecule has 0 saturated carbocycles. The van der Waals surface area contributed by atoms with E-state index in [9.17, 15) is 4.79 Å². The molecule has 0 aliphatic carbocycles. The van der Waals surface area contributed by atoms with Crippen molar-refractivity contribution in [3.8, 4) is 0 Å². The summed E-state index contributed by atoms with van der Waals surface area (Å²) in [5, 5.41) is 4.07. The fraction of sp³-hybridized carbons (Fsp3) is 0.500. The molecular weight excluding hydrogens is 236 g/mol. The first-order valence-corrected chi connectivity index (χ1v) is 4.79. The molecule has 13 heavy (non-hydrogen) atoms. The molecule has 0 aliphatic heterocycles. The van der Waals surface area contributed by atoms with Crippen LogP contribution in [0.5, 0.6) is 0 Å². The van der Waals surface area contributed by atoms with Gasteiger partial charge in [-0.25, -0.2) is 4.79 Å². The molecule has 4 nitrogen and oxygen atoms in total. The second-order valence-corrected chi connectivity index (χ2v) is 3.43. The number of hydrogen-bond acceptors (Lipinski definition) is 3. The normalized spacial score (nSPS) is 10.1. The highest BCUT2D eigenvalue weighted by Crippen LogP contribution is 2.15. The summed E-state index contributed by atoms with van der Waals surface area (Å²) in [7, 11) is 1.34. The summed E-state index contributed by atoms with van der Waals surface area (Å²) >= 11 is 3.24. The molecule has 0 fully saturated rings. The van der Waals surface area contributed by atoms with E-state index in [4.69, 9.17) is 0 Å². The second-order valence-electron chi connectivity index (χ2n) is 2.58. The van der Waals surface area contributed by atoms with E-state index < -0.39 is 5.97 Å². The Bertz CT molecular complexity index is 309. The minimum atomic E-state index is -0.415. The molecule has 1 rings (SSSR count). The number of ether oxygens (including phenoxy) is 1. The molecule has 5 heteroatoms. The largest absolute Gasteiger partial charge is 0.464 e. The number of carbonyl (C=O) groups is 1. The molecule has 1 aromatic heterocycles. The summed E-state index contributed by atoms with van der Waals surface area (Å²) < 4.78 is 6.96. The van der Waals surface area contributed by atoms with E-state index in [0.29, 0.717) is 10.2 Å². The van der Waals surface area contributed by atoms with Crippen molar-refractivity contribution < 1.29 is 9.53 Å². The summed E-state index contributed by atoms with van der Waals surface area (Å²) in [4.78, 5) is 11.1. The summed E-state index contributed by atoms with van der Waals surface area (Å²) in [6.07, 6.45) is 2.75. The van der Waals surface area contributed by atoms with Gasteiger partial charge in [0.25, 0.3) is 0 Å². The lowest BCUT2D eigenvalue weighted by Crippen LogP contribution is -2.05. The van der Waals surface area contributed by atoms with Crippen LogP contribution in [0.25, 0.3) is 0 Å². The first-order valence-electron chi connectivity index (χ1n) is 4.00. The summed E-state index contributed by atoms with van der Waals surface area (Å²) in [6.45, 7) is 2.85. The standard InChI is InChI=1S/C8H11BrN2O2/c1-3-4-11-5-6(9)7(10-11)8(12)13-2/h5H,3-4H2,1-2H3. The minimum Gasteiger partial charge on any atom is -0.464 e. The second kappa shape index (κ2) is 4.41. The number of aryl methyl sites for hydroxylation is 1. The van der Waals surface area contributed by atoms with Gasteiger partial charge in [0.05, 0.1) is 11.6 Å². The summed E-state index contributed by atoms with van der Waals surface area (Å²) in [6, 6.07) is 0. The monoisotopic (exact) mass is 246 g/mol. The molecule has 0 unspecified atom stereocenters.